The normalized spacial score (nSPS) is 10.4. The van der Waals surface area contributed by atoms with Gasteiger partial charge in [0.25, 0.3) is 5.28 Å². The van der Waals surface area contributed by atoms with Gasteiger partial charge in [0, 0.05) is 0 Å². The molecule has 0 atom stereocenters. The summed E-state index contributed by atoms with van der Waals surface area (Å²) in [5, 5.41) is 3.68. The molecule has 0 aliphatic rings. The van der Waals surface area contributed by atoms with Crippen LogP contribution in [0.5, 0.6) is 0 Å². The summed E-state index contributed by atoms with van der Waals surface area (Å²) in [4.78, 5) is 3.93. The summed E-state index contributed by atoms with van der Waals surface area (Å²) in [5.41, 5.74) is 2.38. The average molecular weight is 209 g/mol. The summed E-state index contributed by atoms with van der Waals surface area (Å²) in [6.07, 6.45) is 0.631. The summed E-state index contributed by atoms with van der Waals surface area (Å²) < 4.78 is 4.93. The molecule has 2 rings (SSSR count). The van der Waals surface area contributed by atoms with E-state index in [2.05, 4.69) is 10.1 Å². The van der Waals surface area contributed by atoms with Gasteiger partial charge in [-0.05, 0) is 34.8 Å². The Kier molecular flexibility index (Phi) is 2.50. The minimum Gasteiger partial charge on any atom is -0.338 e. The molecule has 72 valence electrons. The summed E-state index contributed by atoms with van der Waals surface area (Å²) in [6.45, 7) is 2.05. The monoisotopic (exact) mass is 208 g/mol. The molecule has 0 saturated heterocycles. The molecule has 1 aromatic heterocycles. The van der Waals surface area contributed by atoms with Crippen molar-refractivity contribution in [2.45, 2.75) is 13.3 Å². The van der Waals surface area contributed by atoms with E-state index < -0.39 is 0 Å². The van der Waals surface area contributed by atoms with E-state index in [0.29, 0.717) is 12.3 Å². The molecule has 3 nitrogen and oxygen atoms in total. The van der Waals surface area contributed by atoms with E-state index in [0.717, 1.165) is 0 Å². The fourth-order valence-corrected chi connectivity index (χ4v) is 1.41. The van der Waals surface area contributed by atoms with Gasteiger partial charge in [0.15, 0.2) is 0 Å². The lowest BCUT2D eigenvalue weighted by Crippen LogP contribution is -1.91. The number of aryl methyl sites for hydroxylation is 1. The number of benzene rings is 1. The first-order valence-electron chi connectivity index (χ1n) is 4.28. The van der Waals surface area contributed by atoms with Crippen molar-refractivity contribution in [2.24, 2.45) is 0 Å². The lowest BCUT2D eigenvalue weighted by molar-refractivity contribution is 0.384. The van der Waals surface area contributed by atoms with E-state index in [4.69, 9.17) is 16.1 Å². The molecule has 14 heavy (non-hydrogen) atoms. The van der Waals surface area contributed by atoms with Gasteiger partial charge in [-0.2, -0.15) is 4.98 Å². The first-order valence-corrected chi connectivity index (χ1v) is 4.66. The van der Waals surface area contributed by atoms with Crippen molar-refractivity contribution in [2.75, 3.05) is 0 Å². The number of halogens is 1. The van der Waals surface area contributed by atoms with Gasteiger partial charge < -0.3 is 4.52 Å². The molecule has 0 amide bonds. The van der Waals surface area contributed by atoms with Crippen molar-refractivity contribution in [1.82, 2.24) is 10.1 Å². The lowest BCUT2D eigenvalue weighted by Gasteiger charge is -2.00. The van der Waals surface area contributed by atoms with E-state index >= 15 is 0 Å². The lowest BCUT2D eigenvalue weighted by atomic mass is 10.1. The Labute approximate surface area is 86.7 Å². The predicted molar refractivity (Wildman–Crippen MR) is 53.3 cm³/mol. The summed E-state index contributed by atoms with van der Waals surface area (Å²) in [7, 11) is 0. The van der Waals surface area contributed by atoms with Gasteiger partial charge in [0.2, 0.25) is 5.89 Å². The zero-order valence-corrected chi connectivity index (χ0v) is 8.45. The molecular formula is C10H9ClN2O. The second-order valence-electron chi connectivity index (χ2n) is 3.06. The molecule has 0 saturated carbocycles. The average Bonchev–Trinajstić information content (AvgIpc) is 2.56. The molecule has 0 aliphatic heterocycles. The minimum atomic E-state index is 0.161. The van der Waals surface area contributed by atoms with Gasteiger partial charge >= 0.3 is 0 Å². The van der Waals surface area contributed by atoms with Crippen molar-refractivity contribution >= 4 is 11.6 Å². The fraction of sp³-hybridized carbons (Fsp3) is 0.200. The number of nitrogens with zero attached hydrogens (tertiary/aromatic N) is 2. The van der Waals surface area contributed by atoms with Crippen LogP contribution in [-0.4, -0.2) is 10.1 Å². The Hall–Kier alpha value is -1.35. The minimum absolute atomic E-state index is 0.161. The number of hydrogen-bond donors (Lipinski definition) is 0. The van der Waals surface area contributed by atoms with Crippen LogP contribution in [0.4, 0.5) is 0 Å². The van der Waals surface area contributed by atoms with Gasteiger partial charge in [0.1, 0.15) is 0 Å². The van der Waals surface area contributed by atoms with Crippen LogP contribution in [0.2, 0.25) is 5.28 Å². The molecule has 2 aromatic rings. The second kappa shape index (κ2) is 3.80. The van der Waals surface area contributed by atoms with Crippen LogP contribution in [0, 0.1) is 6.92 Å². The highest BCUT2D eigenvalue weighted by Crippen LogP contribution is 2.13. The van der Waals surface area contributed by atoms with Gasteiger partial charge in [-0.15, -0.1) is 0 Å². The quantitative estimate of drug-likeness (QED) is 0.762. The highest BCUT2D eigenvalue weighted by molar-refractivity contribution is 6.28. The summed E-state index contributed by atoms with van der Waals surface area (Å²) >= 11 is 5.55. The molecule has 0 bridgehead atoms. The van der Waals surface area contributed by atoms with Gasteiger partial charge in [0.05, 0.1) is 6.42 Å². The maximum atomic E-state index is 5.55. The molecule has 0 aliphatic carbocycles. The summed E-state index contributed by atoms with van der Waals surface area (Å²) in [6, 6.07) is 8.07. The second-order valence-corrected chi connectivity index (χ2v) is 3.40. The third kappa shape index (κ3) is 1.93. The molecule has 0 N–H and O–H groups in total. The Balaban J connectivity index is 2.23. The predicted octanol–water partition coefficient (Wildman–Crippen LogP) is 2.62. The molecule has 1 aromatic carbocycles. The number of hydrogen-bond acceptors (Lipinski definition) is 3. The first-order chi connectivity index (χ1) is 6.75. The van der Waals surface area contributed by atoms with Crippen molar-refractivity contribution in [3.63, 3.8) is 0 Å². The van der Waals surface area contributed by atoms with Crippen LogP contribution >= 0.6 is 11.6 Å². The molecule has 0 spiro atoms. The van der Waals surface area contributed by atoms with Gasteiger partial charge in [-0.3, -0.25) is 0 Å². The zero-order chi connectivity index (χ0) is 9.97. The molecule has 0 fully saturated rings. The van der Waals surface area contributed by atoms with Crippen molar-refractivity contribution < 1.29 is 4.52 Å². The van der Waals surface area contributed by atoms with Crippen LogP contribution in [0.25, 0.3) is 0 Å². The van der Waals surface area contributed by atoms with Gasteiger partial charge in [-0.25, -0.2) is 0 Å². The highest BCUT2D eigenvalue weighted by atomic mass is 35.5. The standard InChI is InChI=1S/C10H9ClN2O/c1-7-4-2-3-5-8(7)6-9-12-10(11)13-14-9/h2-5H,6H2,1H3. The molecule has 4 heteroatoms. The van der Waals surface area contributed by atoms with Crippen LogP contribution in [0.3, 0.4) is 0 Å². The largest absolute Gasteiger partial charge is 0.338 e. The summed E-state index contributed by atoms with van der Waals surface area (Å²) in [5.74, 6) is 0.546. The fourth-order valence-electron chi connectivity index (χ4n) is 1.28. The van der Waals surface area contributed by atoms with Crippen LogP contribution < -0.4 is 0 Å². The smallest absolute Gasteiger partial charge is 0.263 e. The van der Waals surface area contributed by atoms with Crippen LogP contribution in [0.15, 0.2) is 28.8 Å². The molecule has 1 heterocycles. The Morgan fingerprint density at radius 3 is 2.79 bits per heavy atom. The third-order valence-electron chi connectivity index (χ3n) is 2.05. The van der Waals surface area contributed by atoms with Crippen LogP contribution in [-0.2, 0) is 6.42 Å². The van der Waals surface area contributed by atoms with E-state index in [1.54, 1.807) is 0 Å². The topological polar surface area (TPSA) is 38.9 Å². The maximum Gasteiger partial charge on any atom is 0.263 e. The Bertz CT molecular complexity index is 439. The first kappa shape index (κ1) is 9.21. The van der Waals surface area contributed by atoms with Crippen molar-refractivity contribution in [1.29, 1.82) is 0 Å². The van der Waals surface area contributed by atoms with Crippen molar-refractivity contribution in [3.05, 3.63) is 46.6 Å². The third-order valence-corrected chi connectivity index (χ3v) is 2.20. The molecular weight excluding hydrogens is 200 g/mol. The van der Waals surface area contributed by atoms with Crippen LogP contribution in [0.1, 0.15) is 17.0 Å². The maximum absolute atomic E-state index is 5.55. The number of aromatic nitrogens is 2. The Morgan fingerprint density at radius 2 is 2.14 bits per heavy atom. The van der Waals surface area contributed by atoms with Gasteiger partial charge in [-0.1, -0.05) is 24.3 Å². The van der Waals surface area contributed by atoms with E-state index in [9.17, 15) is 0 Å². The van der Waals surface area contributed by atoms with E-state index in [1.807, 2.05) is 31.2 Å². The van der Waals surface area contributed by atoms with E-state index in [-0.39, 0.29) is 5.28 Å². The SMILES string of the molecule is Cc1ccccc1Cc1nc(Cl)no1. The highest BCUT2D eigenvalue weighted by Gasteiger charge is 2.06. The van der Waals surface area contributed by atoms with E-state index in [1.165, 1.54) is 11.1 Å². The molecule has 0 unspecified atom stereocenters. The zero-order valence-electron chi connectivity index (χ0n) is 7.70. The molecule has 0 radical (unpaired) electrons. The van der Waals surface area contributed by atoms with Crippen molar-refractivity contribution in [3.8, 4) is 0 Å². The Morgan fingerprint density at radius 1 is 1.36 bits per heavy atom. The number of rotatable bonds is 2.